The maximum atomic E-state index is 14.6. The van der Waals surface area contributed by atoms with Gasteiger partial charge in [-0.25, -0.2) is 0 Å². The number of carbonyl (C=O) groups excluding carboxylic acids is 2. The molecule has 0 aromatic heterocycles. The molecule has 6 nitrogen and oxygen atoms in total. The maximum Gasteiger partial charge on any atom is 0.303 e. The summed E-state index contributed by atoms with van der Waals surface area (Å²) < 4.78 is 0. The molecule has 4 aromatic rings. The molecule has 0 radical (unpaired) electrons. The molecule has 6 heteroatoms. The van der Waals surface area contributed by atoms with E-state index in [4.69, 9.17) is 0 Å². The number of amides is 2. The van der Waals surface area contributed by atoms with Crippen molar-refractivity contribution in [2.45, 2.75) is 51.9 Å². The van der Waals surface area contributed by atoms with E-state index in [-0.39, 0.29) is 24.2 Å². The zero-order valence-electron chi connectivity index (χ0n) is 25.0. The number of aliphatic carboxylic acids is 1. The highest BCUT2D eigenvalue weighted by Crippen LogP contribution is 2.39. The average Bonchev–Trinajstić information content (AvgIpc) is 3.05. The lowest BCUT2D eigenvalue weighted by molar-refractivity contribution is -0.151. The Balaban J connectivity index is 1.46. The van der Waals surface area contributed by atoms with Crippen LogP contribution in [0, 0.1) is 17.8 Å². The van der Waals surface area contributed by atoms with E-state index >= 15 is 0 Å². The third-order valence-corrected chi connectivity index (χ3v) is 8.54. The second kappa shape index (κ2) is 15.1. The van der Waals surface area contributed by atoms with Crippen molar-refractivity contribution in [3.63, 3.8) is 0 Å². The van der Waals surface area contributed by atoms with Gasteiger partial charge in [0.1, 0.15) is 0 Å². The molecule has 0 unspecified atom stereocenters. The smallest absolute Gasteiger partial charge is 0.303 e. The van der Waals surface area contributed by atoms with Crippen LogP contribution in [0.3, 0.4) is 0 Å². The van der Waals surface area contributed by atoms with Gasteiger partial charge in [-0.05, 0) is 47.4 Å². The molecule has 1 fully saturated rings. The Morgan fingerprint density at radius 3 is 1.20 bits per heavy atom. The summed E-state index contributed by atoms with van der Waals surface area (Å²) in [6.45, 7) is 1.69. The van der Waals surface area contributed by atoms with Crippen LogP contribution in [0.15, 0.2) is 121 Å². The van der Waals surface area contributed by atoms with Gasteiger partial charge >= 0.3 is 5.97 Å². The molecule has 0 bridgehead atoms. The molecule has 5 rings (SSSR count). The lowest BCUT2D eigenvalue weighted by atomic mass is 9.71. The first-order valence-electron chi connectivity index (χ1n) is 15.4. The van der Waals surface area contributed by atoms with Crippen LogP contribution in [0.5, 0.6) is 0 Å². The van der Waals surface area contributed by atoms with E-state index in [1.807, 2.05) is 131 Å². The Morgan fingerprint density at radius 1 is 0.523 bits per heavy atom. The summed E-state index contributed by atoms with van der Waals surface area (Å²) in [5.41, 5.74) is 4.06. The number of carboxylic acids is 1. The van der Waals surface area contributed by atoms with Crippen molar-refractivity contribution in [3.8, 4) is 0 Å². The van der Waals surface area contributed by atoms with Crippen LogP contribution in [-0.4, -0.2) is 32.7 Å². The first-order valence-corrected chi connectivity index (χ1v) is 15.4. The zero-order valence-corrected chi connectivity index (χ0v) is 25.0. The molecule has 2 amide bonds. The predicted molar refractivity (Wildman–Crippen MR) is 171 cm³/mol. The molecule has 1 N–H and O–H groups in total. The van der Waals surface area contributed by atoms with Gasteiger partial charge in [0.2, 0.25) is 11.8 Å². The third-order valence-electron chi connectivity index (χ3n) is 8.54. The summed E-state index contributed by atoms with van der Waals surface area (Å²) in [6.07, 6.45) is 1.47. The van der Waals surface area contributed by atoms with Crippen LogP contribution in [-0.2, 0) is 40.6 Å². The summed E-state index contributed by atoms with van der Waals surface area (Å²) >= 11 is 0. The first-order chi connectivity index (χ1) is 21.5. The summed E-state index contributed by atoms with van der Waals surface area (Å²) in [4.78, 5) is 44.6. The first kappa shape index (κ1) is 30.7. The highest BCUT2D eigenvalue weighted by Gasteiger charge is 2.43. The van der Waals surface area contributed by atoms with Gasteiger partial charge in [-0.1, -0.05) is 121 Å². The van der Waals surface area contributed by atoms with Crippen LogP contribution >= 0.6 is 0 Å². The van der Waals surface area contributed by atoms with Gasteiger partial charge in [0, 0.05) is 38.5 Å². The van der Waals surface area contributed by atoms with Crippen molar-refractivity contribution < 1.29 is 19.5 Å². The van der Waals surface area contributed by atoms with E-state index < -0.39 is 17.8 Å². The molecular formula is C38H40N2O4. The standard InChI is InChI=1S/C38H40N2O4/c41-36(42)24-33-21-22-34(37(43)39(25-29-13-5-1-6-14-29)26-30-15-7-2-8-16-30)35(23-33)38(44)40(27-31-17-9-3-10-18-31)28-32-19-11-4-12-20-32/h1-20,33-35H,21-28H2,(H,41,42)/t33-,34-,35-/m1/s1. The molecule has 1 aliphatic rings. The molecule has 4 aromatic carbocycles. The second-order valence-corrected chi connectivity index (χ2v) is 11.8. The Bertz CT molecular complexity index is 1410. The second-order valence-electron chi connectivity index (χ2n) is 11.8. The number of carbonyl (C=O) groups is 3. The molecule has 0 heterocycles. The number of hydrogen-bond acceptors (Lipinski definition) is 3. The van der Waals surface area contributed by atoms with Gasteiger partial charge in [-0.15, -0.1) is 0 Å². The van der Waals surface area contributed by atoms with E-state index in [1.54, 1.807) is 0 Å². The predicted octanol–water partition coefficient (Wildman–Crippen LogP) is 6.95. The summed E-state index contributed by atoms with van der Waals surface area (Å²) in [5.74, 6) is -2.31. The van der Waals surface area contributed by atoms with Crippen molar-refractivity contribution in [1.29, 1.82) is 0 Å². The molecule has 226 valence electrons. The molecule has 44 heavy (non-hydrogen) atoms. The van der Waals surface area contributed by atoms with Crippen molar-refractivity contribution in [2.24, 2.45) is 17.8 Å². The van der Waals surface area contributed by atoms with Crippen LogP contribution < -0.4 is 0 Å². The number of rotatable bonds is 12. The van der Waals surface area contributed by atoms with Gasteiger partial charge in [-0.2, -0.15) is 0 Å². The lowest BCUT2D eigenvalue weighted by Gasteiger charge is -2.39. The minimum atomic E-state index is -0.869. The fourth-order valence-corrected chi connectivity index (χ4v) is 6.37. The van der Waals surface area contributed by atoms with E-state index in [0.717, 1.165) is 22.3 Å². The van der Waals surface area contributed by atoms with E-state index in [2.05, 4.69) is 0 Å². The fourth-order valence-electron chi connectivity index (χ4n) is 6.37. The molecular weight excluding hydrogens is 548 g/mol. The Hall–Kier alpha value is -4.71. The minimum Gasteiger partial charge on any atom is -0.481 e. The summed E-state index contributed by atoms with van der Waals surface area (Å²) in [7, 11) is 0. The maximum absolute atomic E-state index is 14.6. The van der Waals surface area contributed by atoms with Gasteiger partial charge < -0.3 is 14.9 Å². The number of nitrogens with zero attached hydrogens (tertiary/aromatic N) is 2. The Kier molecular flexibility index (Phi) is 10.6. The minimum absolute atomic E-state index is 0.000192. The van der Waals surface area contributed by atoms with Gasteiger partial charge in [0.15, 0.2) is 0 Å². The molecule has 1 aliphatic carbocycles. The third kappa shape index (κ3) is 8.44. The monoisotopic (exact) mass is 588 g/mol. The highest BCUT2D eigenvalue weighted by molar-refractivity contribution is 5.88. The molecule has 0 spiro atoms. The molecule has 3 atom stereocenters. The Morgan fingerprint density at radius 2 is 0.864 bits per heavy atom. The van der Waals surface area contributed by atoms with Crippen LogP contribution in [0.25, 0.3) is 0 Å². The SMILES string of the molecule is O=C(O)C[C@@H]1CC[C@@H](C(=O)N(Cc2ccccc2)Cc2ccccc2)[C@H](C(=O)N(Cc2ccccc2)Cc2ccccc2)C1. The molecule has 1 saturated carbocycles. The van der Waals surface area contributed by atoms with Gasteiger partial charge in [-0.3, -0.25) is 14.4 Å². The van der Waals surface area contributed by atoms with Crippen LogP contribution in [0.4, 0.5) is 0 Å². The van der Waals surface area contributed by atoms with Crippen molar-refractivity contribution >= 4 is 17.8 Å². The topological polar surface area (TPSA) is 77.9 Å². The van der Waals surface area contributed by atoms with Gasteiger partial charge in [0.05, 0.1) is 5.92 Å². The largest absolute Gasteiger partial charge is 0.481 e. The number of benzene rings is 4. The number of hydrogen-bond donors (Lipinski definition) is 1. The van der Waals surface area contributed by atoms with Crippen LogP contribution in [0.2, 0.25) is 0 Å². The molecule has 0 saturated heterocycles. The normalized spacial score (nSPS) is 17.9. The number of carboxylic acid groups (broad SMARTS) is 1. The Labute approximate surface area is 260 Å². The zero-order chi connectivity index (χ0) is 30.7. The summed E-state index contributed by atoms with van der Waals surface area (Å²) in [6, 6.07) is 39.6. The summed E-state index contributed by atoms with van der Waals surface area (Å²) in [5, 5.41) is 9.61. The van der Waals surface area contributed by atoms with E-state index in [9.17, 15) is 19.5 Å². The quantitative estimate of drug-likeness (QED) is 0.194. The lowest BCUT2D eigenvalue weighted by Crippen LogP contribution is -2.47. The molecule has 0 aliphatic heterocycles. The fraction of sp³-hybridized carbons (Fsp3) is 0.289. The van der Waals surface area contributed by atoms with Gasteiger partial charge in [0.25, 0.3) is 0 Å². The van der Waals surface area contributed by atoms with E-state index in [1.165, 1.54) is 0 Å². The van der Waals surface area contributed by atoms with Crippen LogP contribution in [0.1, 0.15) is 47.9 Å². The van der Waals surface area contributed by atoms with Crippen molar-refractivity contribution in [2.75, 3.05) is 0 Å². The van der Waals surface area contributed by atoms with E-state index in [0.29, 0.717) is 45.4 Å². The van der Waals surface area contributed by atoms with Crippen molar-refractivity contribution in [1.82, 2.24) is 9.80 Å². The average molecular weight is 589 g/mol. The highest BCUT2D eigenvalue weighted by atomic mass is 16.4. The van der Waals surface area contributed by atoms with Crippen molar-refractivity contribution in [3.05, 3.63) is 144 Å².